The Kier molecular flexibility index (Phi) is 8.33. The molecular formula is C53H36F3N3. The van der Waals surface area contributed by atoms with Gasteiger partial charge in [0.15, 0.2) is 0 Å². The van der Waals surface area contributed by atoms with Crippen LogP contribution in [0, 0.1) is 32.1 Å². The SMILES string of the molecule is Cc1ccc(-c2ccc3c4ccccc4n(-c4cc(-c5cc(C)cc(C(F)(F)F)c5)c(-n5c6ccccc6c6ccc(-c7ccc(C)cc7)cc65)cc4C#N)c3c2)cc1. The van der Waals surface area contributed by atoms with E-state index >= 15 is 0 Å². The van der Waals surface area contributed by atoms with Crippen molar-refractivity contribution in [1.82, 2.24) is 9.13 Å². The molecule has 0 N–H and O–H groups in total. The summed E-state index contributed by atoms with van der Waals surface area (Å²) in [6.45, 7) is 5.81. The third-order valence-corrected chi connectivity index (χ3v) is 11.5. The van der Waals surface area contributed by atoms with Crippen LogP contribution < -0.4 is 0 Å². The Labute approximate surface area is 339 Å². The number of aryl methyl sites for hydroxylation is 3. The van der Waals surface area contributed by atoms with Crippen LogP contribution in [-0.4, -0.2) is 9.13 Å². The average Bonchev–Trinajstić information content (AvgIpc) is 3.75. The van der Waals surface area contributed by atoms with Crippen LogP contribution >= 0.6 is 0 Å². The van der Waals surface area contributed by atoms with Crippen molar-refractivity contribution in [1.29, 1.82) is 5.26 Å². The minimum Gasteiger partial charge on any atom is -0.309 e. The van der Waals surface area contributed by atoms with Crippen molar-refractivity contribution in [2.45, 2.75) is 26.9 Å². The number of benzene rings is 8. The first-order valence-corrected chi connectivity index (χ1v) is 19.5. The Hall–Kier alpha value is -7.36. The van der Waals surface area contributed by atoms with Crippen LogP contribution in [0.15, 0.2) is 164 Å². The summed E-state index contributed by atoms with van der Waals surface area (Å²) >= 11 is 0. The number of nitriles is 1. The summed E-state index contributed by atoms with van der Waals surface area (Å²) in [5.41, 5.74) is 12.3. The maximum absolute atomic E-state index is 14.6. The van der Waals surface area contributed by atoms with E-state index < -0.39 is 11.7 Å². The number of halogens is 3. The number of aromatic nitrogens is 2. The number of hydrogen-bond donors (Lipinski definition) is 0. The molecule has 10 rings (SSSR count). The Bertz CT molecular complexity index is 3340. The second kappa shape index (κ2) is 13.6. The Morgan fingerprint density at radius 1 is 0.424 bits per heavy atom. The molecule has 284 valence electrons. The van der Waals surface area contributed by atoms with E-state index in [0.717, 1.165) is 77.0 Å². The van der Waals surface area contributed by atoms with Gasteiger partial charge in [0.2, 0.25) is 0 Å². The van der Waals surface area contributed by atoms with Crippen molar-refractivity contribution < 1.29 is 13.2 Å². The van der Waals surface area contributed by atoms with Gasteiger partial charge in [-0.25, -0.2) is 0 Å². The molecule has 2 aromatic heterocycles. The van der Waals surface area contributed by atoms with E-state index in [0.29, 0.717) is 33.6 Å². The third kappa shape index (κ3) is 6.06. The number of nitrogens with zero attached hydrogens (tertiary/aromatic N) is 3. The van der Waals surface area contributed by atoms with Crippen molar-refractivity contribution in [3.63, 3.8) is 0 Å². The lowest BCUT2D eigenvalue weighted by atomic mass is 9.95. The van der Waals surface area contributed by atoms with Crippen molar-refractivity contribution in [2.24, 2.45) is 0 Å². The Morgan fingerprint density at radius 2 is 0.898 bits per heavy atom. The van der Waals surface area contributed by atoms with Gasteiger partial charge in [-0.1, -0.05) is 126 Å². The summed E-state index contributed by atoms with van der Waals surface area (Å²) in [5, 5.41) is 15.1. The van der Waals surface area contributed by atoms with E-state index in [9.17, 15) is 18.4 Å². The van der Waals surface area contributed by atoms with Crippen LogP contribution in [0.4, 0.5) is 13.2 Å². The van der Waals surface area contributed by atoms with Crippen LogP contribution in [-0.2, 0) is 6.18 Å². The zero-order chi connectivity index (χ0) is 40.6. The molecule has 0 unspecified atom stereocenters. The van der Waals surface area contributed by atoms with Crippen LogP contribution in [0.1, 0.15) is 27.8 Å². The molecular weight excluding hydrogens is 736 g/mol. The zero-order valence-electron chi connectivity index (χ0n) is 32.6. The number of rotatable bonds is 5. The maximum atomic E-state index is 14.6. The number of para-hydroxylation sites is 2. The number of fused-ring (bicyclic) bond motifs is 6. The average molecular weight is 772 g/mol. The lowest BCUT2D eigenvalue weighted by Crippen LogP contribution is -2.07. The van der Waals surface area contributed by atoms with Gasteiger partial charge in [-0.2, -0.15) is 18.4 Å². The minimum atomic E-state index is -4.56. The molecule has 0 aliphatic heterocycles. The molecule has 6 heteroatoms. The summed E-state index contributed by atoms with van der Waals surface area (Å²) in [6, 6.07) is 56.1. The fraction of sp³-hybridized carbons (Fsp3) is 0.0755. The predicted molar refractivity (Wildman–Crippen MR) is 235 cm³/mol. The van der Waals surface area contributed by atoms with Crippen molar-refractivity contribution in [2.75, 3.05) is 0 Å². The van der Waals surface area contributed by atoms with Crippen LogP contribution in [0.2, 0.25) is 0 Å². The molecule has 0 fully saturated rings. The van der Waals surface area contributed by atoms with Crippen LogP contribution in [0.5, 0.6) is 0 Å². The number of alkyl halides is 3. The van der Waals surface area contributed by atoms with E-state index in [2.05, 4.69) is 126 Å². The van der Waals surface area contributed by atoms with Gasteiger partial charge < -0.3 is 9.13 Å². The maximum Gasteiger partial charge on any atom is 0.416 e. The molecule has 2 heterocycles. The molecule has 8 aromatic carbocycles. The molecule has 10 aromatic rings. The summed E-state index contributed by atoms with van der Waals surface area (Å²) in [6.07, 6.45) is -4.56. The molecule has 59 heavy (non-hydrogen) atoms. The molecule has 0 spiro atoms. The second-order valence-corrected chi connectivity index (χ2v) is 15.5. The summed E-state index contributed by atoms with van der Waals surface area (Å²) in [5.74, 6) is 0. The van der Waals surface area contributed by atoms with E-state index in [1.165, 1.54) is 12.1 Å². The van der Waals surface area contributed by atoms with Crippen LogP contribution in [0.25, 0.3) is 88.4 Å². The summed E-state index contributed by atoms with van der Waals surface area (Å²) < 4.78 is 48.0. The van der Waals surface area contributed by atoms with Gasteiger partial charge in [0.1, 0.15) is 6.07 Å². The first-order valence-electron chi connectivity index (χ1n) is 19.5. The molecule has 0 bridgehead atoms. The normalized spacial score (nSPS) is 11.9. The molecule has 0 radical (unpaired) electrons. The highest BCUT2D eigenvalue weighted by atomic mass is 19.4. The van der Waals surface area contributed by atoms with Gasteiger partial charge in [-0.3, -0.25) is 0 Å². The highest BCUT2D eigenvalue weighted by Gasteiger charge is 2.32. The Morgan fingerprint density at radius 3 is 1.41 bits per heavy atom. The molecule has 0 saturated heterocycles. The zero-order valence-corrected chi connectivity index (χ0v) is 32.6. The van der Waals surface area contributed by atoms with Crippen LogP contribution in [0.3, 0.4) is 0 Å². The van der Waals surface area contributed by atoms with Gasteiger partial charge in [-0.15, -0.1) is 0 Å². The van der Waals surface area contributed by atoms with E-state index in [1.54, 1.807) is 13.0 Å². The Balaban J connectivity index is 1.32. The van der Waals surface area contributed by atoms with E-state index in [4.69, 9.17) is 0 Å². The van der Waals surface area contributed by atoms with Gasteiger partial charge >= 0.3 is 6.18 Å². The van der Waals surface area contributed by atoms with Crippen molar-refractivity contribution in [3.8, 4) is 50.8 Å². The largest absolute Gasteiger partial charge is 0.416 e. The quantitative estimate of drug-likeness (QED) is 0.172. The predicted octanol–water partition coefficient (Wildman–Crippen LogP) is 14.7. The fourth-order valence-corrected chi connectivity index (χ4v) is 8.68. The smallest absolute Gasteiger partial charge is 0.309 e. The monoisotopic (exact) mass is 771 g/mol. The van der Waals surface area contributed by atoms with Gasteiger partial charge in [0.05, 0.1) is 44.6 Å². The molecule has 0 saturated carbocycles. The van der Waals surface area contributed by atoms with Crippen molar-refractivity contribution in [3.05, 3.63) is 192 Å². The first-order chi connectivity index (χ1) is 28.6. The third-order valence-electron chi connectivity index (χ3n) is 11.5. The second-order valence-electron chi connectivity index (χ2n) is 15.5. The highest BCUT2D eigenvalue weighted by molar-refractivity contribution is 6.12. The molecule has 3 nitrogen and oxygen atoms in total. The lowest BCUT2D eigenvalue weighted by Gasteiger charge is -2.20. The van der Waals surface area contributed by atoms with Gasteiger partial charge in [-0.05, 0) is 103 Å². The lowest BCUT2D eigenvalue weighted by molar-refractivity contribution is -0.137. The molecule has 0 aliphatic carbocycles. The highest BCUT2D eigenvalue weighted by Crippen LogP contribution is 2.43. The molecule has 0 atom stereocenters. The standard InChI is InChI=1S/C53H36F3N3/c1-32-12-16-35(17-13-32)37-20-22-44-42-8-4-6-10-47(42)58(50(44)27-37)49-30-46(39-24-34(3)25-41(26-39)53(54,55)56)52(29-40(49)31-57)59-48-11-7-5-9-43(48)45-23-21-38(28-51(45)59)36-18-14-33(2)15-19-36/h4-30H,1-3H3. The fourth-order valence-electron chi connectivity index (χ4n) is 8.68. The van der Waals surface area contributed by atoms with Crippen molar-refractivity contribution >= 4 is 43.6 Å². The molecule has 0 aliphatic rings. The first kappa shape index (κ1) is 36.0. The topological polar surface area (TPSA) is 33.6 Å². The minimum absolute atomic E-state index is 0.386. The number of hydrogen-bond acceptors (Lipinski definition) is 1. The van der Waals surface area contributed by atoms with E-state index in [1.807, 2.05) is 48.5 Å². The summed E-state index contributed by atoms with van der Waals surface area (Å²) in [7, 11) is 0. The van der Waals surface area contributed by atoms with E-state index in [-0.39, 0.29) is 0 Å². The van der Waals surface area contributed by atoms with Gasteiger partial charge in [0, 0.05) is 27.1 Å². The summed E-state index contributed by atoms with van der Waals surface area (Å²) in [4.78, 5) is 0. The molecule has 0 amide bonds. The van der Waals surface area contributed by atoms with Gasteiger partial charge in [0.25, 0.3) is 0 Å².